The number of aromatic nitrogens is 2. The summed E-state index contributed by atoms with van der Waals surface area (Å²) in [7, 11) is 0. The van der Waals surface area contributed by atoms with Crippen molar-refractivity contribution < 1.29 is 14.3 Å². The van der Waals surface area contributed by atoms with E-state index in [1.54, 1.807) is 24.4 Å². The molecule has 2 heterocycles. The van der Waals surface area contributed by atoms with Gasteiger partial charge in [-0.05, 0) is 35.4 Å². The van der Waals surface area contributed by atoms with Gasteiger partial charge < -0.3 is 5.11 Å². The maximum absolute atomic E-state index is 12.9. The van der Waals surface area contributed by atoms with Gasteiger partial charge >= 0.3 is 5.97 Å². The van der Waals surface area contributed by atoms with Gasteiger partial charge in [-0.25, -0.2) is 14.2 Å². The highest BCUT2D eigenvalue weighted by Crippen LogP contribution is 2.21. The number of pyridine rings is 1. The lowest BCUT2D eigenvalue weighted by Crippen LogP contribution is -2.01. The van der Waals surface area contributed by atoms with Gasteiger partial charge in [-0.2, -0.15) is 0 Å². The number of carboxylic acids is 1. The zero-order chi connectivity index (χ0) is 13.4. The summed E-state index contributed by atoms with van der Waals surface area (Å²) in [5, 5.41) is 9.06. The van der Waals surface area contributed by atoms with E-state index in [2.05, 4.69) is 4.98 Å². The number of fused-ring (bicyclic) bond motifs is 1. The quantitative estimate of drug-likeness (QED) is 0.767. The van der Waals surface area contributed by atoms with E-state index >= 15 is 0 Å². The third kappa shape index (κ3) is 1.95. The molecule has 3 aromatic rings. The molecule has 0 bridgehead atoms. The van der Waals surface area contributed by atoms with Gasteiger partial charge in [0.15, 0.2) is 5.69 Å². The molecule has 0 atom stereocenters. The number of rotatable bonds is 2. The minimum absolute atomic E-state index is 0.0963. The molecular weight excluding hydrogens is 247 g/mol. The Kier molecular flexibility index (Phi) is 2.52. The Hall–Kier alpha value is -2.69. The molecular formula is C14H9FN2O2. The summed E-state index contributed by atoms with van der Waals surface area (Å²) >= 11 is 0. The second-order valence-corrected chi connectivity index (χ2v) is 4.10. The van der Waals surface area contributed by atoms with Crippen molar-refractivity contribution in [1.29, 1.82) is 0 Å². The Morgan fingerprint density at radius 1 is 1.11 bits per heavy atom. The van der Waals surface area contributed by atoms with Crippen molar-refractivity contribution in [3.8, 4) is 11.1 Å². The van der Waals surface area contributed by atoms with Crippen LogP contribution < -0.4 is 0 Å². The molecule has 5 heteroatoms. The first-order valence-electron chi connectivity index (χ1n) is 5.61. The SMILES string of the molecule is O=C(O)c1cnc2ccc(-c3ccc(F)cc3)cn12. The second-order valence-electron chi connectivity index (χ2n) is 4.10. The zero-order valence-electron chi connectivity index (χ0n) is 9.75. The minimum atomic E-state index is -1.04. The predicted molar refractivity (Wildman–Crippen MR) is 67.5 cm³/mol. The summed E-state index contributed by atoms with van der Waals surface area (Å²) < 4.78 is 14.4. The highest BCUT2D eigenvalue weighted by atomic mass is 19.1. The first-order valence-corrected chi connectivity index (χ1v) is 5.61. The largest absolute Gasteiger partial charge is 0.477 e. The number of carbonyl (C=O) groups is 1. The van der Waals surface area contributed by atoms with Gasteiger partial charge in [-0.15, -0.1) is 0 Å². The van der Waals surface area contributed by atoms with Crippen molar-refractivity contribution in [3.05, 3.63) is 60.3 Å². The van der Waals surface area contributed by atoms with Crippen molar-refractivity contribution >= 4 is 11.6 Å². The minimum Gasteiger partial charge on any atom is -0.477 e. The molecule has 2 aromatic heterocycles. The second kappa shape index (κ2) is 4.20. The number of carboxylic acid groups (broad SMARTS) is 1. The fourth-order valence-electron chi connectivity index (χ4n) is 1.95. The van der Waals surface area contributed by atoms with Crippen LogP contribution in [0.15, 0.2) is 48.8 Å². The van der Waals surface area contributed by atoms with Gasteiger partial charge in [0.2, 0.25) is 0 Å². The van der Waals surface area contributed by atoms with Crippen LogP contribution in [-0.2, 0) is 0 Å². The van der Waals surface area contributed by atoms with Crippen molar-refractivity contribution in [2.24, 2.45) is 0 Å². The molecule has 94 valence electrons. The molecule has 0 fully saturated rings. The number of benzene rings is 1. The summed E-state index contributed by atoms with van der Waals surface area (Å²) in [5.74, 6) is -1.34. The molecule has 4 nitrogen and oxygen atoms in total. The molecule has 0 aliphatic carbocycles. The smallest absolute Gasteiger partial charge is 0.354 e. The zero-order valence-corrected chi connectivity index (χ0v) is 9.75. The summed E-state index contributed by atoms with van der Waals surface area (Å²) in [4.78, 5) is 15.1. The Bertz CT molecular complexity index is 763. The Morgan fingerprint density at radius 2 is 1.79 bits per heavy atom. The van der Waals surface area contributed by atoms with Crippen LogP contribution in [-0.4, -0.2) is 20.5 Å². The molecule has 1 N–H and O–H groups in total. The summed E-state index contributed by atoms with van der Waals surface area (Å²) in [6, 6.07) is 9.57. The molecule has 0 spiro atoms. The number of imidazole rings is 1. The van der Waals surface area contributed by atoms with E-state index in [-0.39, 0.29) is 11.5 Å². The third-order valence-electron chi connectivity index (χ3n) is 2.90. The summed E-state index contributed by atoms with van der Waals surface area (Å²) in [6.07, 6.45) is 2.99. The average Bonchev–Trinajstić information content (AvgIpc) is 2.82. The van der Waals surface area contributed by atoms with Gasteiger partial charge in [0.05, 0.1) is 6.20 Å². The van der Waals surface area contributed by atoms with E-state index in [1.165, 1.54) is 22.7 Å². The van der Waals surface area contributed by atoms with Crippen LogP contribution in [0, 0.1) is 5.82 Å². The Balaban J connectivity index is 2.17. The topological polar surface area (TPSA) is 54.6 Å². The monoisotopic (exact) mass is 256 g/mol. The van der Waals surface area contributed by atoms with E-state index in [9.17, 15) is 9.18 Å². The number of aromatic carboxylic acids is 1. The van der Waals surface area contributed by atoms with E-state index in [1.807, 2.05) is 6.07 Å². The summed E-state index contributed by atoms with van der Waals surface area (Å²) in [6.45, 7) is 0. The number of halogens is 1. The van der Waals surface area contributed by atoms with Crippen LogP contribution in [0.25, 0.3) is 16.8 Å². The molecule has 0 aliphatic rings. The molecule has 0 amide bonds. The standard InChI is InChI=1S/C14H9FN2O2/c15-11-4-1-9(2-5-11)10-3-6-13-16-7-12(14(18)19)17(13)8-10/h1-8H,(H,18,19). The molecule has 0 saturated carbocycles. The van der Waals surface area contributed by atoms with Crippen LogP contribution in [0.1, 0.15) is 10.5 Å². The Labute approximate surface area is 107 Å². The highest BCUT2D eigenvalue weighted by molar-refractivity contribution is 5.86. The average molecular weight is 256 g/mol. The molecule has 1 aromatic carbocycles. The lowest BCUT2D eigenvalue weighted by atomic mass is 10.1. The number of nitrogens with zero attached hydrogens (tertiary/aromatic N) is 2. The van der Waals surface area contributed by atoms with Crippen LogP contribution in [0.5, 0.6) is 0 Å². The van der Waals surface area contributed by atoms with E-state index in [0.717, 1.165) is 11.1 Å². The van der Waals surface area contributed by atoms with E-state index < -0.39 is 5.97 Å². The fraction of sp³-hybridized carbons (Fsp3) is 0. The summed E-state index contributed by atoms with van der Waals surface area (Å²) in [5.41, 5.74) is 2.27. The Morgan fingerprint density at radius 3 is 2.47 bits per heavy atom. The van der Waals surface area contributed by atoms with Crippen LogP contribution in [0.4, 0.5) is 4.39 Å². The van der Waals surface area contributed by atoms with E-state index in [4.69, 9.17) is 5.11 Å². The third-order valence-corrected chi connectivity index (χ3v) is 2.90. The van der Waals surface area contributed by atoms with E-state index in [0.29, 0.717) is 5.65 Å². The lowest BCUT2D eigenvalue weighted by molar-refractivity contribution is 0.0689. The molecule has 3 rings (SSSR count). The van der Waals surface area contributed by atoms with Crippen molar-refractivity contribution in [2.75, 3.05) is 0 Å². The molecule has 0 saturated heterocycles. The number of hydrogen-bond donors (Lipinski definition) is 1. The van der Waals surface area contributed by atoms with Gasteiger partial charge in [0.25, 0.3) is 0 Å². The fourth-order valence-corrected chi connectivity index (χ4v) is 1.95. The molecule has 0 aliphatic heterocycles. The van der Waals surface area contributed by atoms with Crippen LogP contribution in [0.3, 0.4) is 0 Å². The van der Waals surface area contributed by atoms with Crippen LogP contribution >= 0.6 is 0 Å². The maximum Gasteiger partial charge on any atom is 0.354 e. The van der Waals surface area contributed by atoms with Crippen molar-refractivity contribution in [3.63, 3.8) is 0 Å². The predicted octanol–water partition coefficient (Wildman–Crippen LogP) is 2.84. The van der Waals surface area contributed by atoms with Gasteiger partial charge in [0.1, 0.15) is 11.5 Å². The maximum atomic E-state index is 12.9. The first-order chi connectivity index (χ1) is 9.15. The number of hydrogen-bond acceptors (Lipinski definition) is 2. The lowest BCUT2D eigenvalue weighted by Gasteiger charge is -2.04. The van der Waals surface area contributed by atoms with Gasteiger partial charge in [-0.3, -0.25) is 4.40 Å². The van der Waals surface area contributed by atoms with Gasteiger partial charge in [-0.1, -0.05) is 12.1 Å². The first kappa shape index (κ1) is 11.4. The normalized spacial score (nSPS) is 10.8. The molecule has 0 radical (unpaired) electrons. The molecule has 0 unspecified atom stereocenters. The van der Waals surface area contributed by atoms with Gasteiger partial charge in [0, 0.05) is 6.20 Å². The molecule has 19 heavy (non-hydrogen) atoms. The van der Waals surface area contributed by atoms with Crippen LogP contribution in [0.2, 0.25) is 0 Å². The van der Waals surface area contributed by atoms with Crippen molar-refractivity contribution in [2.45, 2.75) is 0 Å². The van der Waals surface area contributed by atoms with Crippen molar-refractivity contribution in [1.82, 2.24) is 9.38 Å². The highest BCUT2D eigenvalue weighted by Gasteiger charge is 2.10.